The van der Waals surface area contributed by atoms with Crippen molar-refractivity contribution in [2.45, 2.75) is 31.1 Å². The van der Waals surface area contributed by atoms with Gasteiger partial charge in [-0.15, -0.1) is 0 Å². The first kappa shape index (κ1) is 20.6. The Morgan fingerprint density at radius 1 is 0.931 bits per heavy atom. The zero-order valence-electron chi connectivity index (χ0n) is 16.8. The van der Waals surface area contributed by atoms with E-state index in [0.717, 1.165) is 43.9 Å². The Morgan fingerprint density at radius 3 is 2.03 bits per heavy atom. The van der Waals surface area contributed by atoms with Gasteiger partial charge in [-0.05, 0) is 36.6 Å². The minimum Gasteiger partial charge on any atom is -0.497 e. The van der Waals surface area contributed by atoms with E-state index in [1.807, 2.05) is 30.3 Å². The summed E-state index contributed by atoms with van der Waals surface area (Å²) in [6, 6.07) is 9.42. The molecule has 1 aromatic heterocycles. The average Bonchev–Trinajstić information content (AvgIpc) is 3.43. The highest BCUT2D eigenvalue weighted by Crippen LogP contribution is 2.46. The van der Waals surface area contributed by atoms with Crippen LogP contribution in [0.1, 0.15) is 31.4 Å². The van der Waals surface area contributed by atoms with Gasteiger partial charge in [0.2, 0.25) is 5.92 Å². The summed E-state index contributed by atoms with van der Waals surface area (Å²) in [5, 5.41) is 0. The summed E-state index contributed by atoms with van der Waals surface area (Å²) in [6.07, 6.45) is 4.50. The second-order valence-corrected chi connectivity index (χ2v) is 7.13. The second-order valence-electron chi connectivity index (χ2n) is 7.13. The maximum Gasteiger partial charge on any atom is 0.327 e. The number of carbonyl (C=O) groups is 3. The fourth-order valence-electron chi connectivity index (χ4n) is 4.20. The molecule has 1 heterocycles. The fourth-order valence-corrected chi connectivity index (χ4v) is 4.20. The number of aromatic amines is 1. The van der Waals surface area contributed by atoms with E-state index in [0.29, 0.717) is 18.5 Å². The number of esters is 2. The molecule has 154 valence electrons. The molecule has 1 aliphatic carbocycles. The van der Waals surface area contributed by atoms with Gasteiger partial charge < -0.3 is 19.2 Å². The van der Waals surface area contributed by atoms with Gasteiger partial charge in [-0.2, -0.15) is 0 Å². The molecule has 0 amide bonds. The van der Waals surface area contributed by atoms with Crippen LogP contribution < -0.4 is 4.74 Å². The minimum atomic E-state index is -1.60. The molecule has 1 aromatic carbocycles. The van der Waals surface area contributed by atoms with Gasteiger partial charge in [0.05, 0.1) is 26.7 Å². The molecule has 0 unspecified atom stereocenters. The van der Waals surface area contributed by atoms with E-state index >= 15 is 0 Å². The summed E-state index contributed by atoms with van der Waals surface area (Å²) in [5.41, 5.74) is 1.50. The molecule has 1 saturated carbocycles. The van der Waals surface area contributed by atoms with E-state index in [2.05, 4.69) is 4.98 Å². The lowest BCUT2D eigenvalue weighted by atomic mass is 9.72. The molecule has 2 aromatic rings. The lowest BCUT2D eigenvalue weighted by molar-refractivity contribution is -0.163. The number of ether oxygens (including phenoxy) is 3. The number of hydrogen-bond acceptors (Lipinski definition) is 6. The number of benzene rings is 1. The van der Waals surface area contributed by atoms with Crippen LogP contribution in [0.2, 0.25) is 0 Å². The van der Waals surface area contributed by atoms with Crippen LogP contribution in [0.25, 0.3) is 11.1 Å². The van der Waals surface area contributed by atoms with E-state index in [9.17, 15) is 14.4 Å². The number of rotatable bonds is 7. The Labute approximate surface area is 169 Å². The predicted octanol–water partition coefficient (Wildman–Crippen LogP) is 3.03. The molecule has 0 aliphatic heterocycles. The third-order valence-corrected chi connectivity index (χ3v) is 5.69. The van der Waals surface area contributed by atoms with E-state index < -0.39 is 29.1 Å². The summed E-state index contributed by atoms with van der Waals surface area (Å²) >= 11 is 0. The van der Waals surface area contributed by atoms with Crippen molar-refractivity contribution >= 4 is 17.7 Å². The van der Waals surface area contributed by atoms with Crippen molar-refractivity contribution in [3.05, 3.63) is 42.2 Å². The maximum absolute atomic E-state index is 13.6. The van der Waals surface area contributed by atoms with E-state index in [1.165, 1.54) is 0 Å². The van der Waals surface area contributed by atoms with Crippen LogP contribution in [0.3, 0.4) is 0 Å². The zero-order valence-corrected chi connectivity index (χ0v) is 16.8. The summed E-state index contributed by atoms with van der Waals surface area (Å²) in [7, 11) is 3.91. The quantitative estimate of drug-likeness (QED) is 0.568. The number of hydrogen-bond donors (Lipinski definition) is 1. The van der Waals surface area contributed by atoms with Gasteiger partial charge in [-0.25, -0.2) is 0 Å². The highest BCUT2D eigenvalue weighted by molar-refractivity contribution is 6.18. The van der Waals surface area contributed by atoms with Gasteiger partial charge in [0.15, 0.2) is 5.78 Å². The molecule has 0 atom stereocenters. The van der Waals surface area contributed by atoms with Crippen molar-refractivity contribution in [3.63, 3.8) is 0 Å². The third-order valence-electron chi connectivity index (χ3n) is 5.69. The smallest absolute Gasteiger partial charge is 0.327 e. The second kappa shape index (κ2) is 8.51. The molecule has 1 aliphatic rings. The van der Waals surface area contributed by atoms with Gasteiger partial charge in [-0.3, -0.25) is 14.4 Å². The molecular weight excluding hydrogens is 374 g/mol. The van der Waals surface area contributed by atoms with Crippen molar-refractivity contribution in [1.82, 2.24) is 4.98 Å². The van der Waals surface area contributed by atoms with Crippen LogP contribution in [0.15, 0.2) is 36.5 Å². The lowest BCUT2D eigenvalue weighted by Gasteiger charge is -2.30. The molecule has 29 heavy (non-hydrogen) atoms. The number of ketones is 1. The predicted molar refractivity (Wildman–Crippen MR) is 105 cm³/mol. The average molecular weight is 399 g/mol. The van der Waals surface area contributed by atoms with E-state index in [1.54, 1.807) is 13.3 Å². The van der Waals surface area contributed by atoms with Crippen molar-refractivity contribution < 1.29 is 28.6 Å². The number of Topliss-reactive ketones (excluding diaryl/α,β-unsaturated/α-hetero) is 1. The highest BCUT2D eigenvalue weighted by Gasteiger charge is 2.52. The highest BCUT2D eigenvalue weighted by atomic mass is 16.5. The number of aromatic nitrogens is 1. The molecule has 0 saturated heterocycles. The first-order valence-corrected chi connectivity index (χ1v) is 9.50. The molecule has 0 bridgehead atoms. The maximum atomic E-state index is 13.6. The summed E-state index contributed by atoms with van der Waals surface area (Å²) in [4.78, 5) is 41.4. The van der Waals surface area contributed by atoms with Crippen molar-refractivity contribution in [2.24, 2.45) is 5.92 Å². The number of carbonyl (C=O) groups excluding carboxylic acids is 3. The molecule has 3 rings (SSSR count). The summed E-state index contributed by atoms with van der Waals surface area (Å²) in [6.45, 7) is 0. The van der Waals surface area contributed by atoms with Crippen LogP contribution in [0, 0.1) is 5.92 Å². The first-order chi connectivity index (χ1) is 14.0. The lowest BCUT2D eigenvalue weighted by Crippen LogP contribution is -2.45. The Morgan fingerprint density at radius 2 is 1.52 bits per heavy atom. The Kier molecular flexibility index (Phi) is 6.06. The van der Waals surface area contributed by atoms with Crippen LogP contribution >= 0.6 is 0 Å². The third kappa shape index (κ3) is 3.64. The summed E-state index contributed by atoms with van der Waals surface area (Å²) in [5.74, 6) is -3.15. The van der Waals surface area contributed by atoms with Crippen LogP contribution in [-0.2, 0) is 29.3 Å². The molecule has 1 fully saturated rings. The fraction of sp³-hybridized carbons (Fsp3) is 0.409. The van der Waals surface area contributed by atoms with Crippen LogP contribution in [0.5, 0.6) is 5.75 Å². The number of H-pyrrole nitrogens is 1. The molecule has 7 heteroatoms. The van der Waals surface area contributed by atoms with Crippen molar-refractivity contribution in [3.8, 4) is 16.9 Å². The standard InChI is InChI=1S/C22H25NO6/c1-27-15-8-6-14(7-9-15)16-10-13-23-18(16)22(11-4-5-12-22)19(24)17(20(25)28-2)21(26)29-3/h6-10,13,17,23H,4-5,11-12H2,1-3H3. The van der Waals surface area contributed by atoms with Crippen molar-refractivity contribution in [1.29, 1.82) is 0 Å². The zero-order chi connectivity index (χ0) is 21.0. The van der Waals surface area contributed by atoms with E-state index in [4.69, 9.17) is 14.2 Å². The number of methoxy groups -OCH3 is 3. The van der Waals surface area contributed by atoms with Crippen LogP contribution in [-0.4, -0.2) is 44.0 Å². The first-order valence-electron chi connectivity index (χ1n) is 9.50. The van der Waals surface area contributed by atoms with Gasteiger partial charge in [-0.1, -0.05) is 25.0 Å². The molecule has 0 spiro atoms. The Balaban J connectivity index is 2.08. The topological polar surface area (TPSA) is 94.7 Å². The van der Waals surface area contributed by atoms with Gasteiger partial charge in [0, 0.05) is 17.5 Å². The van der Waals surface area contributed by atoms with Gasteiger partial charge >= 0.3 is 11.9 Å². The summed E-state index contributed by atoms with van der Waals surface area (Å²) < 4.78 is 14.7. The normalized spacial score (nSPS) is 15.2. The monoisotopic (exact) mass is 399 g/mol. The van der Waals surface area contributed by atoms with Gasteiger partial charge in [0.1, 0.15) is 5.75 Å². The minimum absolute atomic E-state index is 0.481. The van der Waals surface area contributed by atoms with Crippen molar-refractivity contribution in [2.75, 3.05) is 21.3 Å². The number of nitrogens with one attached hydrogen (secondary N) is 1. The molecular formula is C22H25NO6. The van der Waals surface area contributed by atoms with Crippen LogP contribution in [0.4, 0.5) is 0 Å². The SMILES string of the molecule is COC(=O)C(C(=O)OC)C(=O)C1(c2[nH]ccc2-c2ccc(OC)cc2)CCCC1. The Hall–Kier alpha value is -3.09. The molecule has 7 nitrogen and oxygen atoms in total. The molecule has 1 N–H and O–H groups in total. The molecule has 0 radical (unpaired) electrons. The Bertz CT molecular complexity index is 876. The van der Waals surface area contributed by atoms with Gasteiger partial charge in [0.25, 0.3) is 0 Å². The van der Waals surface area contributed by atoms with E-state index in [-0.39, 0.29) is 0 Å². The largest absolute Gasteiger partial charge is 0.497 e.